The summed E-state index contributed by atoms with van der Waals surface area (Å²) in [4.78, 5) is 0. The molecule has 0 atom stereocenters. The van der Waals surface area contributed by atoms with Crippen LogP contribution >= 0.6 is 0 Å². The number of rotatable bonds is 3. The summed E-state index contributed by atoms with van der Waals surface area (Å²) in [6.07, 6.45) is 6.76. The molecule has 0 saturated carbocycles. The smallest absolute Gasteiger partial charge is 0.0230 e. The molecule has 0 saturated heterocycles. The molecule has 1 aromatic carbocycles. The zero-order chi connectivity index (χ0) is 13.8. The van der Waals surface area contributed by atoms with Crippen molar-refractivity contribution in [2.24, 2.45) is 10.8 Å². The van der Waals surface area contributed by atoms with Gasteiger partial charge in [-0.2, -0.15) is 0 Å². The quantitative estimate of drug-likeness (QED) is 0.637. The molecular weight excluding hydrogens is 216 g/mol. The minimum absolute atomic E-state index is 0.365. The van der Waals surface area contributed by atoms with E-state index in [4.69, 9.17) is 0 Å². The summed E-state index contributed by atoms with van der Waals surface area (Å²) in [6, 6.07) is 8.95. The van der Waals surface area contributed by atoms with Gasteiger partial charge in [-0.3, -0.25) is 0 Å². The monoisotopic (exact) mass is 244 g/mol. The normalized spacial score (nSPS) is 13.2. The van der Waals surface area contributed by atoms with Gasteiger partial charge in [0, 0.05) is 0 Å². The second kappa shape index (κ2) is 5.73. The highest BCUT2D eigenvalue weighted by Gasteiger charge is 2.10. The lowest BCUT2D eigenvalue weighted by Crippen LogP contribution is -2.08. The van der Waals surface area contributed by atoms with E-state index in [2.05, 4.69) is 78.0 Å². The van der Waals surface area contributed by atoms with E-state index >= 15 is 0 Å². The van der Waals surface area contributed by atoms with Crippen LogP contribution in [0, 0.1) is 10.8 Å². The Bertz CT molecular complexity index is 380. The van der Waals surface area contributed by atoms with Gasteiger partial charge in [-0.1, -0.05) is 78.0 Å². The SMILES string of the molecule is CC(C)(C)C/C=C/c1ccc(CC(C)(C)C)cc1. The summed E-state index contributed by atoms with van der Waals surface area (Å²) in [5.74, 6) is 0. The van der Waals surface area contributed by atoms with Crippen molar-refractivity contribution in [2.45, 2.75) is 54.4 Å². The summed E-state index contributed by atoms with van der Waals surface area (Å²) in [5.41, 5.74) is 3.47. The van der Waals surface area contributed by atoms with Crippen molar-refractivity contribution < 1.29 is 0 Å². The van der Waals surface area contributed by atoms with Crippen LogP contribution in [-0.2, 0) is 6.42 Å². The van der Waals surface area contributed by atoms with E-state index in [-0.39, 0.29) is 0 Å². The van der Waals surface area contributed by atoms with E-state index in [1.165, 1.54) is 11.1 Å². The first-order valence-corrected chi connectivity index (χ1v) is 6.91. The minimum Gasteiger partial charge on any atom is -0.0834 e. The van der Waals surface area contributed by atoms with E-state index in [9.17, 15) is 0 Å². The van der Waals surface area contributed by atoms with Crippen LogP contribution in [0.1, 0.15) is 59.1 Å². The Morgan fingerprint density at radius 3 is 1.83 bits per heavy atom. The molecule has 1 rings (SSSR count). The number of hydrogen-bond donors (Lipinski definition) is 0. The molecule has 0 bridgehead atoms. The Labute approximate surface area is 113 Å². The topological polar surface area (TPSA) is 0 Å². The highest BCUT2D eigenvalue weighted by Crippen LogP contribution is 2.22. The average Bonchev–Trinajstić information content (AvgIpc) is 2.16. The standard InChI is InChI=1S/C18H28/c1-17(2,3)13-7-8-15-9-11-16(12-10-15)14-18(4,5)6/h7-12H,13-14H2,1-6H3/b8-7+. The van der Waals surface area contributed by atoms with Crippen LogP contribution in [0.5, 0.6) is 0 Å². The Kier molecular flexibility index (Phi) is 4.78. The predicted octanol–water partition coefficient (Wildman–Crippen LogP) is 5.72. The Balaban J connectivity index is 2.61. The lowest BCUT2D eigenvalue weighted by Gasteiger charge is -2.18. The van der Waals surface area contributed by atoms with Gasteiger partial charge in [0.15, 0.2) is 0 Å². The molecule has 0 N–H and O–H groups in total. The van der Waals surface area contributed by atoms with Crippen molar-refractivity contribution in [1.82, 2.24) is 0 Å². The van der Waals surface area contributed by atoms with Crippen molar-refractivity contribution in [1.29, 1.82) is 0 Å². The van der Waals surface area contributed by atoms with Gasteiger partial charge in [0.05, 0.1) is 0 Å². The molecule has 0 nitrogen and oxygen atoms in total. The third-order valence-corrected chi connectivity index (χ3v) is 2.75. The highest BCUT2D eigenvalue weighted by atomic mass is 14.2. The maximum atomic E-state index is 2.28. The molecule has 0 radical (unpaired) electrons. The molecular formula is C18H28. The van der Waals surface area contributed by atoms with Crippen LogP contribution in [0.3, 0.4) is 0 Å². The molecule has 0 aliphatic rings. The van der Waals surface area contributed by atoms with Crippen molar-refractivity contribution in [3.63, 3.8) is 0 Å². The summed E-state index contributed by atoms with van der Waals surface area (Å²) in [7, 11) is 0. The fourth-order valence-electron chi connectivity index (χ4n) is 1.91. The van der Waals surface area contributed by atoms with Crippen LogP contribution in [0.2, 0.25) is 0 Å². The maximum Gasteiger partial charge on any atom is -0.0230 e. The van der Waals surface area contributed by atoms with Crippen molar-refractivity contribution in [2.75, 3.05) is 0 Å². The van der Waals surface area contributed by atoms with E-state index in [1.54, 1.807) is 0 Å². The number of hydrogen-bond acceptors (Lipinski definition) is 0. The molecule has 0 aliphatic heterocycles. The third-order valence-electron chi connectivity index (χ3n) is 2.75. The van der Waals surface area contributed by atoms with E-state index in [1.807, 2.05) is 0 Å². The molecule has 100 valence electrons. The van der Waals surface area contributed by atoms with Crippen molar-refractivity contribution in [3.8, 4) is 0 Å². The fourth-order valence-corrected chi connectivity index (χ4v) is 1.91. The lowest BCUT2D eigenvalue weighted by atomic mass is 9.88. The molecule has 1 aromatic rings. The maximum absolute atomic E-state index is 2.28. The molecule has 0 heterocycles. The minimum atomic E-state index is 0.365. The number of allylic oxidation sites excluding steroid dienone is 1. The van der Waals surface area contributed by atoms with Gasteiger partial charge in [-0.15, -0.1) is 0 Å². The zero-order valence-electron chi connectivity index (χ0n) is 12.9. The van der Waals surface area contributed by atoms with Crippen LogP contribution in [-0.4, -0.2) is 0 Å². The summed E-state index contributed by atoms with van der Waals surface area (Å²) in [5, 5.41) is 0. The summed E-state index contributed by atoms with van der Waals surface area (Å²) in [6.45, 7) is 13.6. The second-order valence-electron chi connectivity index (χ2n) is 7.65. The Morgan fingerprint density at radius 1 is 0.833 bits per heavy atom. The van der Waals surface area contributed by atoms with E-state index in [0.29, 0.717) is 10.8 Å². The molecule has 0 aliphatic carbocycles. The largest absolute Gasteiger partial charge is 0.0834 e. The Morgan fingerprint density at radius 2 is 1.39 bits per heavy atom. The van der Waals surface area contributed by atoms with Gasteiger partial charge < -0.3 is 0 Å². The van der Waals surface area contributed by atoms with Crippen molar-refractivity contribution in [3.05, 3.63) is 41.5 Å². The summed E-state index contributed by atoms with van der Waals surface area (Å²) < 4.78 is 0. The van der Waals surface area contributed by atoms with E-state index in [0.717, 1.165) is 12.8 Å². The molecule has 0 heteroatoms. The lowest BCUT2D eigenvalue weighted by molar-refractivity contribution is 0.411. The van der Waals surface area contributed by atoms with Crippen LogP contribution < -0.4 is 0 Å². The van der Waals surface area contributed by atoms with Gasteiger partial charge in [0.2, 0.25) is 0 Å². The Hall–Kier alpha value is -1.04. The fraction of sp³-hybridized carbons (Fsp3) is 0.556. The van der Waals surface area contributed by atoms with Gasteiger partial charge in [-0.25, -0.2) is 0 Å². The van der Waals surface area contributed by atoms with Gasteiger partial charge in [-0.05, 0) is 34.8 Å². The predicted molar refractivity (Wildman–Crippen MR) is 82.7 cm³/mol. The molecule has 18 heavy (non-hydrogen) atoms. The van der Waals surface area contributed by atoms with Gasteiger partial charge in [0.1, 0.15) is 0 Å². The molecule has 0 unspecified atom stereocenters. The van der Waals surface area contributed by atoms with Crippen molar-refractivity contribution >= 4 is 6.08 Å². The second-order valence-corrected chi connectivity index (χ2v) is 7.65. The third kappa shape index (κ3) is 6.64. The number of benzene rings is 1. The van der Waals surface area contributed by atoms with Gasteiger partial charge in [0.25, 0.3) is 0 Å². The zero-order valence-corrected chi connectivity index (χ0v) is 12.9. The first-order valence-electron chi connectivity index (χ1n) is 6.91. The molecule has 0 fully saturated rings. The van der Waals surface area contributed by atoms with Crippen LogP contribution in [0.15, 0.2) is 30.3 Å². The highest BCUT2D eigenvalue weighted by molar-refractivity contribution is 5.49. The first kappa shape index (κ1) is 15.0. The molecule has 0 aromatic heterocycles. The van der Waals surface area contributed by atoms with Crippen LogP contribution in [0.4, 0.5) is 0 Å². The molecule has 0 amide bonds. The van der Waals surface area contributed by atoms with Gasteiger partial charge >= 0.3 is 0 Å². The van der Waals surface area contributed by atoms with Crippen LogP contribution in [0.25, 0.3) is 6.08 Å². The average molecular weight is 244 g/mol. The van der Waals surface area contributed by atoms with E-state index < -0.39 is 0 Å². The summed E-state index contributed by atoms with van der Waals surface area (Å²) >= 11 is 0. The molecule has 0 spiro atoms. The first-order chi connectivity index (χ1) is 8.16.